The first kappa shape index (κ1) is 15.9. The van der Waals surface area contributed by atoms with Gasteiger partial charge in [0, 0.05) is 19.6 Å². The molecule has 2 aromatic rings. The molecule has 0 radical (unpaired) electrons. The SMILES string of the molecule is FC(F)(F)Oc1ccc(-c2cnc(CC3CCCOC3)[nH]2)cc1. The monoisotopic (exact) mass is 326 g/mol. The fourth-order valence-corrected chi connectivity index (χ4v) is 2.69. The summed E-state index contributed by atoms with van der Waals surface area (Å²) in [6.07, 6.45) is 0.0249. The van der Waals surface area contributed by atoms with E-state index >= 15 is 0 Å². The van der Waals surface area contributed by atoms with Gasteiger partial charge in [0.25, 0.3) is 0 Å². The lowest BCUT2D eigenvalue weighted by Gasteiger charge is -2.20. The molecule has 1 aromatic heterocycles. The number of ether oxygens (including phenoxy) is 2. The molecule has 0 saturated carbocycles. The summed E-state index contributed by atoms with van der Waals surface area (Å²) < 4.78 is 45.7. The van der Waals surface area contributed by atoms with Gasteiger partial charge in [-0.3, -0.25) is 0 Å². The van der Waals surface area contributed by atoms with E-state index in [1.165, 1.54) is 12.1 Å². The molecule has 23 heavy (non-hydrogen) atoms. The van der Waals surface area contributed by atoms with Crippen LogP contribution in [0, 0.1) is 5.92 Å². The number of imidazole rings is 1. The van der Waals surface area contributed by atoms with Crippen LogP contribution in [-0.2, 0) is 11.2 Å². The van der Waals surface area contributed by atoms with Crippen LogP contribution in [0.1, 0.15) is 18.7 Å². The quantitative estimate of drug-likeness (QED) is 0.925. The maximum absolute atomic E-state index is 12.1. The van der Waals surface area contributed by atoms with Crippen molar-refractivity contribution in [3.63, 3.8) is 0 Å². The van der Waals surface area contributed by atoms with Gasteiger partial charge in [0.1, 0.15) is 11.6 Å². The van der Waals surface area contributed by atoms with Gasteiger partial charge in [0.2, 0.25) is 0 Å². The second-order valence-electron chi connectivity index (χ2n) is 5.60. The Balaban J connectivity index is 1.65. The number of benzene rings is 1. The van der Waals surface area contributed by atoms with Crippen molar-refractivity contribution in [3.05, 3.63) is 36.3 Å². The van der Waals surface area contributed by atoms with Gasteiger partial charge in [0.15, 0.2) is 0 Å². The molecule has 1 aromatic carbocycles. The molecule has 0 bridgehead atoms. The molecule has 1 unspecified atom stereocenters. The van der Waals surface area contributed by atoms with Crippen LogP contribution in [0.3, 0.4) is 0 Å². The molecule has 1 aliphatic heterocycles. The largest absolute Gasteiger partial charge is 0.573 e. The number of alkyl halides is 3. The van der Waals surface area contributed by atoms with Crippen LogP contribution in [0.5, 0.6) is 5.75 Å². The van der Waals surface area contributed by atoms with Gasteiger partial charge in [-0.2, -0.15) is 0 Å². The van der Waals surface area contributed by atoms with E-state index in [0.29, 0.717) is 5.92 Å². The third kappa shape index (κ3) is 4.48. The van der Waals surface area contributed by atoms with Crippen LogP contribution in [0.4, 0.5) is 13.2 Å². The Morgan fingerprint density at radius 3 is 2.70 bits per heavy atom. The topological polar surface area (TPSA) is 47.1 Å². The summed E-state index contributed by atoms with van der Waals surface area (Å²) in [4.78, 5) is 7.56. The van der Waals surface area contributed by atoms with E-state index in [1.54, 1.807) is 18.3 Å². The highest BCUT2D eigenvalue weighted by Crippen LogP contribution is 2.26. The Morgan fingerprint density at radius 2 is 2.04 bits per heavy atom. The number of hydrogen-bond donors (Lipinski definition) is 1. The third-order valence-corrected chi connectivity index (χ3v) is 3.76. The number of rotatable bonds is 4. The van der Waals surface area contributed by atoms with Gasteiger partial charge in [-0.15, -0.1) is 13.2 Å². The molecule has 1 fully saturated rings. The number of halogens is 3. The minimum Gasteiger partial charge on any atom is -0.406 e. The molecule has 1 aliphatic rings. The number of aromatic amines is 1. The Morgan fingerprint density at radius 1 is 1.26 bits per heavy atom. The average molecular weight is 326 g/mol. The molecular weight excluding hydrogens is 309 g/mol. The van der Waals surface area contributed by atoms with Crippen molar-refractivity contribution in [2.45, 2.75) is 25.6 Å². The summed E-state index contributed by atoms with van der Waals surface area (Å²) in [7, 11) is 0. The molecular formula is C16H17F3N2O2. The smallest absolute Gasteiger partial charge is 0.406 e. The standard InChI is InChI=1S/C16H17F3N2O2/c17-16(18,19)23-13-5-3-12(4-6-13)14-9-20-15(21-14)8-11-2-1-7-22-10-11/h3-6,9,11H,1-2,7-8,10H2,(H,20,21). The summed E-state index contributed by atoms with van der Waals surface area (Å²) >= 11 is 0. The van der Waals surface area contributed by atoms with Crippen molar-refractivity contribution < 1.29 is 22.6 Å². The van der Waals surface area contributed by atoms with E-state index in [-0.39, 0.29) is 5.75 Å². The second-order valence-corrected chi connectivity index (χ2v) is 5.60. The molecule has 3 rings (SSSR count). The minimum atomic E-state index is -4.68. The fraction of sp³-hybridized carbons (Fsp3) is 0.438. The lowest BCUT2D eigenvalue weighted by Crippen LogP contribution is -2.19. The van der Waals surface area contributed by atoms with Crippen molar-refractivity contribution in [3.8, 4) is 17.0 Å². The van der Waals surface area contributed by atoms with Crippen LogP contribution in [0.15, 0.2) is 30.5 Å². The number of nitrogens with zero attached hydrogens (tertiary/aromatic N) is 1. The van der Waals surface area contributed by atoms with Gasteiger partial charge < -0.3 is 14.5 Å². The zero-order chi connectivity index (χ0) is 16.3. The van der Waals surface area contributed by atoms with E-state index < -0.39 is 6.36 Å². The normalized spacial score (nSPS) is 18.8. The van der Waals surface area contributed by atoms with Crippen molar-refractivity contribution >= 4 is 0 Å². The molecule has 0 spiro atoms. The number of hydrogen-bond acceptors (Lipinski definition) is 3. The van der Waals surface area contributed by atoms with Crippen molar-refractivity contribution in [2.75, 3.05) is 13.2 Å². The van der Waals surface area contributed by atoms with E-state index in [4.69, 9.17) is 4.74 Å². The van der Waals surface area contributed by atoms with Crippen LogP contribution in [0.25, 0.3) is 11.3 Å². The lowest BCUT2D eigenvalue weighted by molar-refractivity contribution is -0.274. The molecule has 124 valence electrons. The van der Waals surface area contributed by atoms with Crippen LogP contribution < -0.4 is 4.74 Å². The molecule has 0 aliphatic carbocycles. The maximum atomic E-state index is 12.1. The highest BCUT2D eigenvalue weighted by molar-refractivity contribution is 5.59. The summed E-state index contributed by atoms with van der Waals surface area (Å²) in [6.45, 7) is 1.58. The highest BCUT2D eigenvalue weighted by Gasteiger charge is 2.31. The summed E-state index contributed by atoms with van der Waals surface area (Å²) in [5, 5.41) is 0. The fourth-order valence-electron chi connectivity index (χ4n) is 2.69. The molecule has 7 heteroatoms. The van der Waals surface area contributed by atoms with Crippen LogP contribution in [0.2, 0.25) is 0 Å². The van der Waals surface area contributed by atoms with Gasteiger partial charge in [0.05, 0.1) is 11.9 Å². The average Bonchev–Trinajstić information content (AvgIpc) is 2.96. The summed E-state index contributed by atoms with van der Waals surface area (Å²) in [5.74, 6) is 1.09. The molecule has 1 N–H and O–H groups in total. The Hall–Kier alpha value is -2.02. The zero-order valence-corrected chi connectivity index (χ0v) is 12.4. The molecule has 1 saturated heterocycles. The Kier molecular flexibility index (Phi) is 4.56. The zero-order valence-electron chi connectivity index (χ0n) is 12.4. The molecule has 0 amide bonds. The number of nitrogens with one attached hydrogen (secondary N) is 1. The van der Waals surface area contributed by atoms with Gasteiger partial charge >= 0.3 is 6.36 Å². The highest BCUT2D eigenvalue weighted by atomic mass is 19.4. The van der Waals surface area contributed by atoms with Gasteiger partial charge in [-0.25, -0.2) is 4.98 Å². The summed E-state index contributed by atoms with van der Waals surface area (Å²) in [6, 6.07) is 5.72. The van der Waals surface area contributed by atoms with Crippen molar-refractivity contribution in [1.29, 1.82) is 0 Å². The predicted octanol–water partition coefficient (Wildman–Crippen LogP) is 3.94. The first-order valence-corrected chi connectivity index (χ1v) is 7.47. The minimum absolute atomic E-state index is 0.236. The molecule has 2 heterocycles. The molecule has 4 nitrogen and oxygen atoms in total. The first-order chi connectivity index (χ1) is 11.0. The summed E-state index contributed by atoms with van der Waals surface area (Å²) in [5.41, 5.74) is 1.54. The van der Waals surface area contributed by atoms with E-state index in [1.807, 2.05) is 0 Å². The van der Waals surface area contributed by atoms with Crippen LogP contribution >= 0.6 is 0 Å². The van der Waals surface area contributed by atoms with E-state index in [0.717, 1.165) is 49.6 Å². The van der Waals surface area contributed by atoms with Crippen molar-refractivity contribution in [1.82, 2.24) is 9.97 Å². The van der Waals surface area contributed by atoms with E-state index in [9.17, 15) is 13.2 Å². The Bertz CT molecular complexity index is 632. The van der Waals surface area contributed by atoms with Gasteiger partial charge in [-0.05, 0) is 48.6 Å². The number of aromatic nitrogens is 2. The second kappa shape index (κ2) is 6.62. The van der Waals surface area contributed by atoms with E-state index in [2.05, 4.69) is 14.7 Å². The first-order valence-electron chi connectivity index (χ1n) is 7.47. The predicted molar refractivity (Wildman–Crippen MR) is 78.0 cm³/mol. The number of H-pyrrole nitrogens is 1. The van der Waals surface area contributed by atoms with Crippen LogP contribution in [-0.4, -0.2) is 29.5 Å². The van der Waals surface area contributed by atoms with Gasteiger partial charge in [-0.1, -0.05) is 0 Å². The maximum Gasteiger partial charge on any atom is 0.573 e. The Labute approximate surface area is 131 Å². The van der Waals surface area contributed by atoms with Crippen molar-refractivity contribution in [2.24, 2.45) is 5.92 Å². The third-order valence-electron chi connectivity index (χ3n) is 3.76. The lowest BCUT2D eigenvalue weighted by atomic mass is 9.98. The molecule has 1 atom stereocenters.